The molecule has 2 fully saturated rings. The Morgan fingerprint density at radius 1 is 0.645 bits per heavy atom. The Kier molecular flexibility index (Phi) is 21.0. The fourth-order valence-electron chi connectivity index (χ4n) is 7.12. The fourth-order valence-corrected chi connectivity index (χ4v) is 7.59. The van der Waals surface area contributed by atoms with Gasteiger partial charge in [-0.25, -0.2) is 4.79 Å². The zero-order chi connectivity index (χ0) is 47.0. The highest BCUT2D eigenvalue weighted by molar-refractivity contribution is 7.98. The van der Waals surface area contributed by atoms with E-state index in [9.17, 15) is 63.0 Å². The fraction of sp³-hybridized carbons (Fsp3) is 0.711. The smallest absolute Gasteiger partial charge is 0.326 e. The van der Waals surface area contributed by atoms with E-state index in [4.69, 9.17) is 16.6 Å². The predicted octanol–water partition coefficient (Wildman–Crippen LogP) is -2.92. The summed E-state index contributed by atoms with van der Waals surface area (Å²) in [6, 6.07) is -10.8. The number of primary amides is 1. The van der Waals surface area contributed by atoms with E-state index in [0.29, 0.717) is 18.6 Å². The molecule has 348 valence electrons. The van der Waals surface area contributed by atoms with Crippen molar-refractivity contribution in [3.05, 3.63) is 0 Å². The number of rotatable bonds is 25. The van der Waals surface area contributed by atoms with Crippen molar-refractivity contribution < 1.29 is 68.1 Å². The maximum atomic E-state index is 14.2. The highest BCUT2D eigenvalue weighted by Crippen LogP contribution is 2.23. The Balaban J connectivity index is 2.26. The summed E-state index contributed by atoms with van der Waals surface area (Å²) in [5.41, 5.74) is 10.8. The Morgan fingerprint density at radius 2 is 1.15 bits per heavy atom. The highest BCUT2D eigenvalue weighted by atomic mass is 32.2. The molecule has 0 bridgehead atoms. The number of hydrogen-bond acceptors (Lipinski definition) is 13. The minimum atomic E-state index is -1.81. The van der Waals surface area contributed by atoms with Crippen LogP contribution in [0.3, 0.4) is 0 Å². The summed E-state index contributed by atoms with van der Waals surface area (Å²) in [5.74, 6) is -11.4. The van der Waals surface area contributed by atoms with Crippen molar-refractivity contribution in [3.63, 3.8) is 0 Å². The number of hydrogen-bond donors (Lipinski definition) is 10. The first-order valence-electron chi connectivity index (χ1n) is 20.3. The minimum absolute atomic E-state index is 0.0522. The molecule has 2 rings (SSSR count). The third-order valence-corrected chi connectivity index (χ3v) is 10.9. The van der Waals surface area contributed by atoms with E-state index in [0.717, 1.165) is 0 Å². The number of nitrogens with two attached hydrogens (primary N) is 2. The van der Waals surface area contributed by atoms with Crippen molar-refractivity contribution in [1.29, 1.82) is 0 Å². The van der Waals surface area contributed by atoms with Crippen molar-refractivity contribution in [1.82, 2.24) is 36.4 Å². The lowest BCUT2D eigenvalue weighted by Gasteiger charge is -2.33. The Hall–Kier alpha value is -5.52. The molecule has 8 amide bonds. The van der Waals surface area contributed by atoms with Gasteiger partial charge in [-0.15, -0.1) is 0 Å². The quantitative estimate of drug-likeness (QED) is 0.0439. The summed E-state index contributed by atoms with van der Waals surface area (Å²) in [6.45, 7) is 7.12. The monoisotopic (exact) mass is 899 g/mol. The summed E-state index contributed by atoms with van der Waals surface area (Å²) in [5, 5.41) is 40.1. The number of nitrogens with zero attached hydrogens (tertiary/aromatic N) is 2. The summed E-state index contributed by atoms with van der Waals surface area (Å²) in [7, 11) is 0. The summed E-state index contributed by atoms with van der Waals surface area (Å²) in [6.07, 6.45) is 0.705. The van der Waals surface area contributed by atoms with Gasteiger partial charge in [-0.2, -0.15) is 11.8 Å². The molecule has 0 aromatic carbocycles. The van der Waals surface area contributed by atoms with E-state index in [-0.39, 0.29) is 44.7 Å². The number of carbonyl (C=O) groups is 11. The van der Waals surface area contributed by atoms with Gasteiger partial charge >= 0.3 is 17.9 Å². The third kappa shape index (κ3) is 16.1. The van der Waals surface area contributed by atoms with Crippen LogP contribution in [0.25, 0.3) is 0 Å². The standard InChI is InChI=1S/C38H61N9O14S/c1-18(2)14-23(37(59)47-12-6-8-25(47)33(55)42-22(17-29(51)52)32(54)44-24(38(60)61)16-27(40)48)43-35(57)30(19(3)4)45-34(56)26-9-7-11-46(26)36(58)21(10-13-62-5)41-31(53)20(39)15-28(49)50/h18-26,30H,6-17,39H2,1-5H3,(H2,40,48)(H,41,53)(H,42,55)(H,43,57)(H,44,54)(H,45,56)(H,49,50)(H,51,52)(H,60,61)/t20-,21-,22-,23-,24-,25-,26-,30-/m0/s1. The van der Waals surface area contributed by atoms with Crippen LogP contribution in [-0.4, -0.2) is 164 Å². The van der Waals surface area contributed by atoms with Crippen molar-refractivity contribution in [2.75, 3.05) is 25.1 Å². The molecule has 12 N–H and O–H groups in total. The van der Waals surface area contributed by atoms with Gasteiger partial charge in [0.05, 0.1) is 25.3 Å². The lowest BCUT2D eigenvalue weighted by molar-refractivity contribution is -0.146. The lowest BCUT2D eigenvalue weighted by atomic mass is 9.99. The normalized spacial score (nSPS) is 19.0. The molecule has 0 aromatic rings. The first-order chi connectivity index (χ1) is 29.0. The first-order valence-corrected chi connectivity index (χ1v) is 21.7. The van der Waals surface area contributed by atoms with Crippen LogP contribution < -0.4 is 38.1 Å². The van der Waals surface area contributed by atoms with Crippen molar-refractivity contribution >= 4 is 76.9 Å². The molecule has 0 unspecified atom stereocenters. The largest absolute Gasteiger partial charge is 0.481 e. The molecule has 0 aliphatic carbocycles. The van der Waals surface area contributed by atoms with Gasteiger partial charge in [0.25, 0.3) is 0 Å². The topological polar surface area (TPSA) is 367 Å². The molecule has 2 aliphatic heterocycles. The molecular formula is C38H61N9O14S. The zero-order valence-electron chi connectivity index (χ0n) is 35.5. The van der Waals surface area contributed by atoms with E-state index in [2.05, 4.69) is 21.3 Å². The third-order valence-electron chi connectivity index (χ3n) is 10.2. The number of aliphatic carboxylic acids is 3. The van der Waals surface area contributed by atoms with Crippen LogP contribution in [0.15, 0.2) is 0 Å². The SMILES string of the molecule is CSCC[C@H](NC(=O)[C@@H](N)CC(=O)O)C(=O)N1CCC[C@H]1C(=O)N[C@H](C(=O)N[C@@H](CC(C)C)C(=O)N1CCC[C@H]1C(=O)N[C@@H](CC(=O)O)C(=O)N[C@@H](CC(N)=O)C(=O)O)C(C)C. The average Bonchev–Trinajstić information content (AvgIpc) is 3.87. The zero-order valence-corrected chi connectivity index (χ0v) is 36.4. The summed E-state index contributed by atoms with van der Waals surface area (Å²) >= 11 is 1.41. The van der Waals surface area contributed by atoms with Crippen LogP contribution in [0.2, 0.25) is 0 Å². The molecule has 2 aliphatic rings. The van der Waals surface area contributed by atoms with Crippen LogP contribution in [0.1, 0.15) is 85.5 Å². The minimum Gasteiger partial charge on any atom is -0.481 e. The van der Waals surface area contributed by atoms with Gasteiger partial charge in [-0.1, -0.05) is 27.7 Å². The van der Waals surface area contributed by atoms with Crippen LogP contribution in [0.4, 0.5) is 0 Å². The number of nitrogens with one attached hydrogen (secondary N) is 5. The molecule has 0 spiro atoms. The van der Waals surface area contributed by atoms with E-state index in [1.807, 2.05) is 5.32 Å². The van der Waals surface area contributed by atoms with Gasteiger partial charge in [0, 0.05) is 13.1 Å². The molecule has 2 saturated heterocycles. The van der Waals surface area contributed by atoms with Crippen LogP contribution in [0.5, 0.6) is 0 Å². The average molecular weight is 900 g/mol. The van der Waals surface area contributed by atoms with Crippen LogP contribution in [0, 0.1) is 11.8 Å². The molecule has 2 heterocycles. The highest BCUT2D eigenvalue weighted by Gasteiger charge is 2.42. The number of thioether (sulfide) groups is 1. The Morgan fingerprint density at radius 3 is 1.61 bits per heavy atom. The molecule has 8 atom stereocenters. The second-order valence-corrected chi connectivity index (χ2v) is 17.1. The van der Waals surface area contributed by atoms with Gasteiger partial charge in [0.15, 0.2) is 0 Å². The van der Waals surface area contributed by atoms with Crippen molar-refractivity contribution in [2.24, 2.45) is 23.3 Å². The molecule has 0 aromatic heterocycles. The molecule has 0 saturated carbocycles. The second-order valence-electron chi connectivity index (χ2n) is 16.1. The van der Waals surface area contributed by atoms with Crippen LogP contribution >= 0.6 is 11.8 Å². The second kappa shape index (κ2) is 24.8. The van der Waals surface area contributed by atoms with E-state index in [1.165, 1.54) is 21.6 Å². The molecule has 0 radical (unpaired) electrons. The van der Waals surface area contributed by atoms with E-state index in [1.54, 1.807) is 34.0 Å². The predicted molar refractivity (Wildman–Crippen MR) is 220 cm³/mol. The van der Waals surface area contributed by atoms with Gasteiger partial charge in [0.1, 0.15) is 42.3 Å². The number of carbonyl (C=O) groups excluding carboxylic acids is 8. The maximum Gasteiger partial charge on any atom is 0.326 e. The Bertz CT molecular complexity index is 1700. The number of carboxylic acid groups (broad SMARTS) is 3. The van der Waals surface area contributed by atoms with Gasteiger partial charge in [-0.3, -0.25) is 47.9 Å². The number of amides is 8. The lowest BCUT2D eigenvalue weighted by Crippen LogP contribution is -2.60. The number of carboxylic acids is 3. The molecule has 62 heavy (non-hydrogen) atoms. The number of likely N-dealkylation sites (tertiary alicyclic amines) is 2. The Labute approximate surface area is 362 Å². The summed E-state index contributed by atoms with van der Waals surface area (Å²) in [4.78, 5) is 143. The van der Waals surface area contributed by atoms with Crippen molar-refractivity contribution in [3.8, 4) is 0 Å². The van der Waals surface area contributed by atoms with Crippen LogP contribution in [-0.2, 0) is 52.7 Å². The van der Waals surface area contributed by atoms with Gasteiger partial charge < -0.3 is 63.2 Å². The van der Waals surface area contributed by atoms with E-state index >= 15 is 0 Å². The van der Waals surface area contributed by atoms with Gasteiger partial charge in [-0.05, 0) is 62.4 Å². The first kappa shape index (κ1) is 52.6. The maximum absolute atomic E-state index is 14.2. The summed E-state index contributed by atoms with van der Waals surface area (Å²) < 4.78 is 0. The van der Waals surface area contributed by atoms with E-state index < -0.39 is 139 Å². The molecular weight excluding hydrogens is 839 g/mol. The molecule has 24 heteroatoms. The van der Waals surface area contributed by atoms with Gasteiger partial charge in [0.2, 0.25) is 47.3 Å². The van der Waals surface area contributed by atoms with Crippen molar-refractivity contribution in [2.45, 2.75) is 134 Å². The molecule has 23 nitrogen and oxygen atoms in total.